The summed E-state index contributed by atoms with van der Waals surface area (Å²) in [7, 11) is 0. The molecule has 0 bridgehead atoms. The summed E-state index contributed by atoms with van der Waals surface area (Å²) in [5, 5.41) is 1.99. The van der Waals surface area contributed by atoms with Gasteiger partial charge in [-0.1, -0.05) is 35.9 Å². The highest BCUT2D eigenvalue weighted by atomic mass is 35.5. The second-order valence-corrected chi connectivity index (χ2v) is 7.25. The zero-order valence-electron chi connectivity index (χ0n) is 14.3. The van der Waals surface area contributed by atoms with Crippen molar-refractivity contribution in [2.75, 3.05) is 13.1 Å². The Morgan fingerprint density at radius 1 is 1.16 bits per heavy atom. The van der Waals surface area contributed by atoms with Gasteiger partial charge in [-0.25, -0.2) is 0 Å². The van der Waals surface area contributed by atoms with Crippen molar-refractivity contribution in [3.8, 4) is 0 Å². The molecule has 128 valence electrons. The van der Waals surface area contributed by atoms with Crippen LogP contribution in [0.15, 0.2) is 48.7 Å². The van der Waals surface area contributed by atoms with E-state index in [1.807, 2.05) is 48.2 Å². The number of amides is 1. The van der Waals surface area contributed by atoms with Crippen molar-refractivity contribution >= 4 is 28.4 Å². The number of hydrogen-bond donors (Lipinski definition) is 1. The average Bonchev–Trinajstić information content (AvgIpc) is 3.04. The molecule has 0 radical (unpaired) electrons. The number of aromatic nitrogens is 1. The highest BCUT2D eigenvalue weighted by Gasteiger charge is 2.26. The number of carbonyl (C=O) groups excluding carboxylic acids is 1. The summed E-state index contributed by atoms with van der Waals surface area (Å²) < 4.78 is 0. The van der Waals surface area contributed by atoms with Gasteiger partial charge in [0.25, 0.3) is 5.91 Å². The van der Waals surface area contributed by atoms with Gasteiger partial charge in [-0.2, -0.15) is 0 Å². The Labute approximate surface area is 152 Å². The lowest BCUT2D eigenvalue weighted by Crippen LogP contribution is -2.38. The normalized spacial score (nSPS) is 15.7. The lowest BCUT2D eigenvalue weighted by Gasteiger charge is -2.32. The SMILES string of the molecule is Cc1ccccc1C(=O)N1CCC(c2c[nH]c3cc(Cl)ccc23)CC1. The van der Waals surface area contributed by atoms with E-state index in [0.29, 0.717) is 5.92 Å². The third kappa shape index (κ3) is 3.05. The number of carbonyl (C=O) groups is 1. The van der Waals surface area contributed by atoms with Gasteiger partial charge in [-0.3, -0.25) is 4.79 Å². The molecule has 1 saturated heterocycles. The number of nitrogens with one attached hydrogen (secondary N) is 1. The van der Waals surface area contributed by atoms with Gasteiger partial charge < -0.3 is 9.88 Å². The number of likely N-dealkylation sites (tertiary alicyclic amines) is 1. The zero-order valence-corrected chi connectivity index (χ0v) is 15.0. The van der Waals surface area contributed by atoms with E-state index in [2.05, 4.69) is 17.2 Å². The number of H-pyrrole nitrogens is 1. The van der Waals surface area contributed by atoms with Gasteiger partial charge in [0.1, 0.15) is 0 Å². The monoisotopic (exact) mass is 352 g/mol. The summed E-state index contributed by atoms with van der Waals surface area (Å²) >= 11 is 6.07. The highest BCUT2D eigenvalue weighted by Crippen LogP contribution is 2.34. The maximum atomic E-state index is 12.8. The fraction of sp³-hybridized carbons (Fsp3) is 0.286. The van der Waals surface area contributed by atoms with Crippen molar-refractivity contribution in [2.24, 2.45) is 0 Å². The summed E-state index contributed by atoms with van der Waals surface area (Å²) in [5.74, 6) is 0.637. The summed E-state index contributed by atoms with van der Waals surface area (Å²) in [4.78, 5) is 18.1. The minimum absolute atomic E-state index is 0.155. The van der Waals surface area contributed by atoms with Gasteiger partial charge in [0.05, 0.1) is 0 Å². The van der Waals surface area contributed by atoms with Crippen molar-refractivity contribution in [1.29, 1.82) is 0 Å². The number of piperidine rings is 1. The molecular formula is C21H21ClN2O. The van der Waals surface area contributed by atoms with Crippen LogP contribution in [0.2, 0.25) is 5.02 Å². The highest BCUT2D eigenvalue weighted by molar-refractivity contribution is 6.31. The summed E-state index contributed by atoms with van der Waals surface area (Å²) in [6.45, 7) is 3.60. The van der Waals surface area contributed by atoms with Crippen molar-refractivity contribution in [2.45, 2.75) is 25.7 Å². The number of fused-ring (bicyclic) bond motifs is 1. The Morgan fingerprint density at radius 2 is 1.92 bits per heavy atom. The number of benzene rings is 2. The van der Waals surface area contributed by atoms with Crippen LogP contribution in [-0.4, -0.2) is 28.9 Å². The number of halogens is 1. The molecule has 2 heterocycles. The third-order valence-corrected chi connectivity index (χ3v) is 5.51. The fourth-order valence-electron chi connectivity index (χ4n) is 3.84. The largest absolute Gasteiger partial charge is 0.361 e. The number of rotatable bonds is 2. The van der Waals surface area contributed by atoms with Crippen LogP contribution in [0.1, 0.15) is 40.2 Å². The second kappa shape index (κ2) is 6.57. The van der Waals surface area contributed by atoms with Gasteiger partial charge in [-0.05, 0) is 55.0 Å². The average molecular weight is 353 g/mol. The molecule has 3 nitrogen and oxygen atoms in total. The standard InChI is InChI=1S/C21H21ClN2O/c1-14-4-2-3-5-17(14)21(25)24-10-8-15(9-11-24)19-13-23-20-12-16(22)6-7-18(19)20/h2-7,12-13,15,23H,8-11H2,1H3. The van der Waals surface area contributed by atoms with E-state index in [1.54, 1.807) is 0 Å². The number of aryl methyl sites for hydroxylation is 1. The molecule has 1 fully saturated rings. The molecule has 0 spiro atoms. The second-order valence-electron chi connectivity index (χ2n) is 6.82. The number of aromatic amines is 1. The Morgan fingerprint density at radius 3 is 2.68 bits per heavy atom. The van der Waals surface area contributed by atoms with Crippen molar-refractivity contribution in [3.63, 3.8) is 0 Å². The first-order valence-electron chi connectivity index (χ1n) is 8.75. The van der Waals surface area contributed by atoms with Crippen molar-refractivity contribution < 1.29 is 4.79 Å². The first-order chi connectivity index (χ1) is 12.1. The molecule has 3 aromatic rings. The van der Waals surface area contributed by atoms with E-state index in [1.165, 1.54) is 10.9 Å². The Bertz CT molecular complexity index is 923. The fourth-order valence-corrected chi connectivity index (χ4v) is 4.01. The lowest BCUT2D eigenvalue weighted by atomic mass is 9.89. The van der Waals surface area contributed by atoms with E-state index < -0.39 is 0 Å². The summed E-state index contributed by atoms with van der Waals surface area (Å²) in [5.41, 5.74) is 4.29. The maximum absolute atomic E-state index is 12.8. The van der Waals surface area contributed by atoms with Crippen molar-refractivity contribution in [1.82, 2.24) is 9.88 Å². The minimum Gasteiger partial charge on any atom is -0.361 e. The number of nitrogens with zero attached hydrogens (tertiary/aromatic N) is 1. The smallest absolute Gasteiger partial charge is 0.254 e. The predicted molar refractivity (Wildman–Crippen MR) is 102 cm³/mol. The Hall–Kier alpha value is -2.26. The van der Waals surface area contributed by atoms with Gasteiger partial charge in [0, 0.05) is 40.8 Å². The van der Waals surface area contributed by atoms with E-state index in [4.69, 9.17) is 11.6 Å². The molecule has 0 unspecified atom stereocenters. The summed E-state index contributed by atoms with van der Waals surface area (Å²) in [6.07, 6.45) is 4.09. The molecule has 0 saturated carbocycles. The van der Waals surface area contributed by atoms with Crippen LogP contribution in [0, 0.1) is 6.92 Å². The van der Waals surface area contributed by atoms with E-state index in [-0.39, 0.29) is 5.91 Å². The van der Waals surface area contributed by atoms with Crippen LogP contribution in [0.25, 0.3) is 10.9 Å². The number of hydrogen-bond acceptors (Lipinski definition) is 1. The third-order valence-electron chi connectivity index (χ3n) is 5.27. The van der Waals surface area contributed by atoms with Gasteiger partial charge in [0.15, 0.2) is 0 Å². The molecule has 1 amide bonds. The zero-order chi connectivity index (χ0) is 17.4. The molecule has 1 N–H and O–H groups in total. The predicted octanol–water partition coefficient (Wildman–Crippen LogP) is 5.15. The van der Waals surface area contributed by atoms with Crippen molar-refractivity contribution in [3.05, 3.63) is 70.4 Å². The first-order valence-corrected chi connectivity index (χ1v) is 9.13. The van der Waals surface area contributed by atoms with Gasteiger partial charge in [-0.15, -0.1) is 0 Å². The molecule has 4 rings (SSSR count). The van der Waals surface area contributed by atoms with Crippen LogP contribution in [-0.2, 0) is 0 Å². The quantitative estimate of drug-likeness (QED) is 0.680. The molecule has 2 aromatic carbocycles. The lowest BCUT2D eigenvalue weighted by molar-refractivity contribution is 0.0712. The van der Waals surface area contributed by atoms with Crippen LogP contribution in [0.3, 0.4) is 0 Å². The van der Waals surface area contributed by atoms with Gasteiger partial charge >= 0.3 is 0 Å². The van der Waals surface area contributed by atoms with E-state index in [9.17, 15) is 4.79 Å². The molecule has 1 aliphatic rings. The molecule has 4 heteroatoms. The van der Waals surface area contributed by atoms with Crippen LogP contribution in [0.5, 0.6) is 0 Å². The maximum Gasteiger partial charge on any atom is 0.254 e. The Kier molecular flexibility index (Phi) is 4.26. The van der Waals surface area contributed by atoms with Crippen LogP contribution < -0.4 is 0 Å². The van der Waals surface area contributed by atoms with Gasteiger partial charge in [0.2, 0.25) is 0 Å². The first kappa shape index (κ1) is 16.2. The topological polar surface area (TPSA) is 36.1 Å². The van der Waals surface area contributed by atoms with E-state index >= 15 is 0 Å². The molecule has 1 aliphatic heterocycles. The van der Waals surface area contributed by atoms with Crippen LogP contribution >= 0.6 is 11.6 Å². The minimum atomic E-state index is 0.155. The molecule has 0 atom stereocenters. The summed E-state index contributed by atoms with van der Waals surface area (Å²) in [6, 6.07) is 13.8. The Balaban J connectivity index is 1.49. The molecule has 25 heavy (non-hydrogen) atoms. The molecular weight excluding hydrogens is 332 g/mol. The van der Waals surface area contributed by atoms with E-state index in [0.717, 1.165) is 47.6 Å². The van der Waals surface area contributed by atoms with Crippen LogP contribution in [0.4, 0.5) is 0 Å². The molecule has 0 aliphatic carbocycles. The molecule has 1 aromatic heterocycles.